The summed E-state index contributed by atoms with van der Waals surface area (Å²) in [7, 11) is 0. The minimum Gasteiger partial charge on any atom is -0.357 e. The molecule has 14 heavy (non-hydrogen) atoms. The zero-order valence-electron chi connectivity index (χ0n) is 9.55. The Hall–Kier alpha value is -0.550. The van der Waals surface area contributed by atoms with Gasteiger partial charge in [-0.1, -0.05) is 13.3 Å². The molecule has 0 radical (unpaired) electrons. The van der Waals surface area contributed by atoms with Crippen LogP contribution in [0.4, 0.5) is 0 Å². The number of hydrogen-bond acceptors (Lipinski definition) is 2. The van der Waals surface area contributed by atoms with Gasteiger partial charge >= 0.3 is 0 Å². The van der Waals surface area contributed by atoms with Gasteiger partial charge in [-0.2, -0.15) is 5.26 Å². The molecule has 0 amide bonds. The van der Waals surface area contributed by atoms with E-state index in [1.165, 1.54) is 6.42 Å². The van der Waals surface area contributed by atoms with Crippen molar-refractivity contribution in [3.8, 4) is 6.07 Å². The molecule has 0 spiro atoms. The van der Waals surface area contributed by atoms with E-state index in [1.807, 2.05) is 13.8 Å². The summed E-state index contributed by atoms with van der Waals surface area (Å²) in [5.74, 6) is 0.434. The third-order valence-corrected chi connectivity index (χ3v) is 3.14. The molecule has 1 aliphatic carbocycles. The summed E-state index contributed by atoms with van der Waals surface area (Å²) in [6.45, 7) is 6.19. The highest BCUT2D eigenvalue weighted by Crippen LogP contribution is 2.39. The van der Waals surface area contributed by atoms with Crippen LogP contribution < -0.4 is 0 Å². The van der Waals surface area contributed by atoms with Gasteiger partial charge < -0.3 is 4.74 Å². The van der Waals surface area contributed by atoms with E-state index in [9.17, 15) is 5.26 Å². The fourth-order valence-corrected chi connectivity index (χ4v) is 2.50. The van der Waals surface area contributed by atoms with Gasteiger partial charge in [0.25, 0.3) is 0 Å². The van der Waals surface area contributed by atoms with Crippen LogP contribution in [0.1, 0.15) is 52.9 Å². The van der Waals surface area contributed by atoms with Gasteiger partial charge in [-0.05, 0) is 39.5 Å². The Bertz CT molecular complexity index is 219. The van der Waals surface area contributed by atoms with E-state index in [1.54, 1.807) is 0 Å². The van der Waals surface area contributed by atoms with Crippen LogP contribution in [0.5, 0.6) is 0 Å². The molecular weight excluding hydrogens is 174 g/mol. The number of ether oxygens (including phenoxy) is 1. The molecule has 0 aromatic carbocycles. The molecule has 1 saturated carbocycles. The lowest BCUT2D eigenvalue weighted by Gasteiger charge is -2.39. The first kappa shape index (κ1) is 11.5. The Morgan fingerprint density at radius 1 is 1.50 bits per heavy atom. The summed E-state index contributed by atoms with van der Waals surface area (Å²) in [5, 5.41) is 9.32. The van der Waals surface area contributed by atoms with Crippen LogP contribution in [0.15, 0.2) is 0 Å². The summed E-state index contributed by atoms with van der Waals surface area (Å²) >= 11 is 0. The topological polar surface area (TPSA) is 33.0 Å². The highest BCUT2D eigenvalue weighted by atomic mass is 16.5. The van der Waals surface area contributed by atoms with E-state index in [0.717, 1.165) is 25.7 Å². The van der Waals surface area contributed by atoms with Crippen molar-refractivity contribution in [2.24, 2.45) is 5.92 Å². The Kier molecular flexibility index (Phi) is 3.95. The van der Waals surface area contributed by atoms with Crippen LogP contribution in [0.2, 0.25) is 0 Å². The smallest absolute Gasteiger partial charge is 0.157 e. The SMILES string of the molecule is CCC1CCCCC1(C#N)OC(C)C. The molecule has 1 rings (SSSR count). The van der Waals surface area contributed by atoms with Crippen LogP contribution in [-0.2, 0) is 4.74 Å². The molecule has 1 fully saturated rings. The molecule has 0 bridgehead atoms. The van der Waals surface area contributed by atoms with E-state index in [2.05, 4.69) is 13.0 Å². The third-order valence-electron chi connectivity index (χ3n) is 3.14. The van der Waals surface area contributed by atoms with Crippen molar-refractivity contribution in [2.45, 2.75) is 64.6 Å². The van der Waals surface area contributed by atoms with Crippen molar-refractivity contribution in [3.63, 3.8) is 0 Å². The van der Waals surface area contributed by atoms with Crippen molar-refractivity contribution in [3.05, 3.63) is 0 Å². The number of hydrogen-bond donors (Lipinski definition) is 0. The summed E-state index contributed by atoms with van der Waals surface area (Å²) in [6, 6.07) is 2.43. The average molecular weight is 195 g/mol. The fourth-order valence-electron chi connectivity index (χ4n) is 2.50. The van der Waals surface area contributed by atoms with E-state index < -0.39 is 5.60 Å². The monoisotopic (exact) mass is 195 g/mol. The summed E-state index contributed by atoms with van der Waals surface area (Å²) < 4.78 is 5.87. The molecular formula is C12H21NO. The molecule has 0 aromatic heterocycles. The maximum absolute atomic E-state index is 9.32. The average Bonchev–Trinajstić information content (AvgIpc) is 2.17. The number of nitriles is 1. The number of rotatable bonds is 3. The minimum absolute atomic E-state index is 0.154. The first-order valence-electron chi connectivity index (χ1n) is 5.73. The van der Waals surface area contributed by atoms with Crippen LogP contribution in [0, 0.1) is 17.2 Å². The predicted molar refractivity (Wildman–Crippen MR) is 56.8 cm³/mol. The van der Waals surface area contributed by atoms with Gasteiger partial charge in [-0.25, -0.2) is 0 Å². The van der Waals surface area contributed by atoms with Crippen molar-refractivity contribution in [1.29, 1.82) is 5.26 Å². The quantitative estimate of drug-likeness (QED) is 0.692. The highest BCUT2D eigenvalue weighted by molar-refractivity contribution is 5.08. The Balaban J connectivity index is 2.77. The van der Waals surface area contributed by atoms with Gasteiger partial charge in [0.15, 0.2) is 5.60 Å². The second-order valence-electron chi connectivity index (χ2n) is 4.52. The van der Waals surface area contributed by atoms with Crippen molar-refractivity contribution >= 4 is 0 Å². The summed E-state index contributed by atoms with van der Waals surface area (Å²) in [4.78, 5) is 0. The minimum atomic E-state index is -0.485. The lowest BCUT2D eigenvalue weighted by Crippen LogP contribution is -2.43. The normalized spacial score (nSPS) is 32.9. The molecule has 80 valence electrons. The van der Waals surface area contributed by atoms with Gasteiger partial charge in [0, 0.05) is 5.92 Å². The van der Waals surface area contributed by atoms with E-state index in [-0.39, 0.29) is 6.10 Å². The molecule has 2 unspecified atom stereocenters. The highest BCUT2D eigenvalue weighted by Gasteiger charge is 2.41. The fraction of sp³-hybridized carbons (Fsp3) is 0.917. The molecule has 2 heteroatoms. The van der Waals surface area contributed by atoms with Gasteiger partial charge in [-0.3, -0.25) is 0 Å². The maximum Gasteiger partial charge on any atom is 0.157 e. The standard InChI is InChI=1S/C12H21NO/c1-4-11-7-5-6-8-12(11,9-13)14-10(2)3/h10-11H,4-8H2,1-3H3. The van der Waals surface area contributed by atoms with Gasteiger partial charge in [0.1, 0.15) is 0 Å². The van der Waals surface area contributed by atoms with E-state index in [4.69, 9.17) is 4.74 Å². The first-order valence-corrected chi connectivity index (χ1v) is 5.73. The molecule has 2 atom stereocenters. The van der Waals surface area contributed by atoms with Crippen molar-refractivity contribution in [1.82, 2.24) is 0 Å². The lowest BCUT2D eigenvalue weighted by molar-refractivity contribution is -0.0975. The Labute approximate surface area is 87.3 Å². The Morgan fingerprint density at radius 3 is 2.71 bits per heavy atom. The zero-order chi connectivity index (χ0) is 10.6. The lowest BCUT2D eigenvalue weighted by atomic mass is 9.74. The van der Waals surface area contributed by atoms with E-state index in [0.29, 0.717) is 5.92 Å². The van der Waals surface area contributed by atoms with Gasteiger partial charge in [0.05, 0.1) is 12.2 Å². The third kappa shape index (κ3) is 2.27. The van der Waals surface area contributed by atoms with Crippen molar-refractivity contribution < 1.29 is 4.74 Å². The largest absolute Gasteiger partial charge is 0.357 e. The molecule has 0 saturated heterocycles. The van der Waals surface area contributed by atoms with Crippen LogP contribution in [0.25, 0.3) is 0 Å². The van der Waals surface area contributed by atoms with Crippen molar-refractivity contribution in [2.75, 3.05) is 0 Å². The second-order valence-corrected chi connectivity index (χ2v) is 4.52. The molecule has 0 N–H and O–H groups in total. The van der Waals surface area contributed by atoms with Gasteiger partial charge in [-0.15, -0.1) is 0 Å². The molecule has 0 aliphatic heterocycles. The zero-order valence-corrected chi connectivity index (χ0v) is 9.55. The predicted octanol–water partition coefficient (Wildman–Crippen LogP) is 3.27. The van der Waals surface area contributed by atoms with E-state index >= 15 is 0 Å². The van der Waals surface area contributed by atoms with Crippen LogP contribution in [0.3, 0.4) is 0 Å². The molecule has 2 nitrogen and oxygen atoms in total. The second kappa shape index (κ2) is 4.79. The first-order chi connectivity index (χ1) is 6.64. The van der Waals surface area contributed by atoms with Gasteiger partial charge in [0.2, 0.25) is 0 Å². The van der Waals surface area contributed by atoms with Crippen LogP contribution in [-0.4, -0.2) is 11.7 Å². The Morgan fingerprint density at radius 2 is 2.21 bits per heavy atom. The summed E-state index contributed by atoms with van der Waals surface area (Å²) in [6.07, 6.45) is 5.67. The maximum atomic E-state index is 9.32. The molecule has 1 aliphatic rings. The molecule has 0 heterocycles. The number of nitrogens with zero attached hydrogens (tertiary/aromatic N) is 1. The summed E-state index contributed by atoms with van der Waals surface area (Å²) in [5.41, 5.74) is -0.485. The molecule has 0 aromatic rings. The van der Waals surface area contributed by atoms with Crippen LogP contribution >= 0.6 is 0 Å².